The summed E-state index contributed by atoms with van der Waals surface area (Å²) in [6.45, 7) is 0. The minimum absolute atomic E-state index is 0.0635. The molecule has 0 unspecified atom stereocenters. The minimum Gasteiger partial charge on any atom is -0.319 e. The number of carbonyl (C=O) groups is 1. The first kappa shape index (κ1) is 15.4. The van der Waals surface area contributed by atoms with Crippen molar-refractivity contribution in [2.45, 2.75) is 0 Å². The molecule has 2 aromatic rings. The van der Waals surface area contributed by atoms with Crippen molar-refractivity contribution in [1.82, 2.24) is 9.19 Å². The molecule has 0 fully saturated rings. The summed E-state index contributed by atoms with van der Waals surface area (Å²) in [5.74, 6) is -2.68. The fourth-order valence-electron chi connectivity index (χ4n) is 1.46. The molecule has 1 amide bonds. The summed E-state index contributed by atoms with van der Waals surface area (Å²) in [5, 5.41) is 5.56. The third-order valence-electron chi connectivity index (χ3n) is 2.36. The lowest BCUT2D eigenvalue weighted by Gasteiger charge is -2.05. The molecule has 1 N–H and O–H groups in total. The topological polar surface area (TPSA) is 81.1 Å². The SMILES string of the molecule is CS(=O)(=O)n1nc(C(=O)Nc2ccc(F)cc2Cl)cc1F. The number of aromatic nitrogens is 2. The lowest BCUT2D eigenvalue weighted by molar-refractivity contribution is 0.102. The van der Waals surface area contributed by atoms with Gasteiger partial charge in [-0.3, -0.25) is 4.79 Å². The minimum atomic E-state index is -3.96. The molecule has 0 bridgehead atoms. The van der Waals surface area contributed by atoms with Crippen LogP contribution in [-0.2, 0) is 10.0 Å². The van der Waals surface area contributed by atoms with Gasteiger partial charge in [0, 0.05) is 6.07 Å². The van der Waals surface area contributed by atoms with Crippen LogP contribution in [0.2, 0.25) is 5.02 Å². The summed E-state index contributed by atoms with van der Waals surface area (Å²) in [4.78, 5) is 11.8. The van der Waals surface area contributed by atoms with E-state index in [1.807, 2.05) is 0 Å². The molecule has 112 valence electrons. The number of carbonyl (C=O) groups excluding carboxylic acids is 1. The van der Waals surface area contributed by atoms with Gasteiger partial charge < -0.3 is 5.32 Å². The van der Waals surface area contributed by atoms with Gasteiger partial charge in [0.25, 0.3) is 15.9 Å². The van der Waals surface area contributed by atoms with Gasteiger partial charge in [0.05, 0.1) is 17.0 Å². The van der Waals surface area contributed by atoms with E-state index in [2.05, 4.69) is 10.4 Å². The van der Waals surface area contributed by atoms with Crippen LogP contribution in [0.3, 0.4) is 0 Å². The maximum Gasteiger partial charge on any atom is 0.276 e. The Hall–Kier alpha value is -2.00. The predicted octanol–water partition coefficient (Wildman–Crippen LogP) is 1.87. The molecular formula is C11H8ClF2N3O3S. The number of rotatable bonds is 3. The number of nitrogens with zero attached hydrogens (tertiary/aromatic N) is 2. The van der Waals surface area contributed by atoms with Crippen LogP contribution in [0.1, 0.15) is 10.5 Å². The normalized spacial score (nSPS) is 11.4. The van der Waals surface area contributed by atoms with Crippen molar-refractivity contribution in [3.05, 3.63) is 46.7 Å². The van der Waals surface area contributed by atoms with Crippen molar-refractivity contribution < 1.29 is 22.0 Å². The third-order valence-corrected chi connectivity index (χ3v) is 3.56. The Balaban J connectivity index is 2.29. The molecule has 1 heterocycles. The van der Waals surface area contributed by atoms with Crippen molar-refractivity contribution in [3.63, 3.8) is 0 Å². The van der Waals surface area contributed by atoms with Gasteiger partial charge in [-0.05, 0) is 18.2 Å². The van der Waals surface area contributed by atoms with Gasteiger partial charge >= 0.3 is 0 Å². The molecule has 0 spiro atoms. The van der Waals surface area contributed by atoms with E-state index in [-0.39, 0.29) is 14.8 Å². The number of anilines is 1. The Morgan fingerprint density at radius 2 is 2.00 bits per heavy atom. The van der Waals surface area contributed by atoms with E-state index in [9.17, 15) is 22.0 Å². The Morgan fingerprint density at radius 1 is 1.33 bits per heavy atom. The average molecular weight is 336 g/mol. The van der Waals surface area contributed by atoms with Gasteiger partial charge in [-0.2, -0.15) is 4.39 Å². The maximum atomic E-state index is 13.4. The molecule has 1 aromatic carbocycles. The summed E-state index contributed by atoms with van der Waals surface area (Å²) in [6.07, 6.45) is 0.738. The highest BCUT2D eigenvalue weighted by molar-refractivity contribution is 7.89. The Bertz CT molecular complexity index is 820. The van der Waals surface area contributed by atoms with Crippen LogP contribution >= 0.6 is 11.6 Å². The van der Waals surface area contributed by atoms with E-state index in [4.69, 9.17) is 11.6 Å². The van der Waals surface area contributed by atoms with Crippen molar-refractivity contribution in [1.29, 1.82) is 0 Å². The van der Waals surface area contributed by atoms with E-state index in [1.165, 1.54) is 6.07 Å². The second-order valence-electron chi connectivity index (χ2n) is 4.04. The highest BCUT2D eigenvalue weighted by Crippen LogP contribution is 2.23. The predicted molar refractivity (Wildman–Crippen MR) is 71.8 cm³/mol. The molecule has 0 atom stereocenters. The van der Waals surface area contributed by atoms with Gasteiger partial charge in [-0.15, -0.1) is 9.19 Å². The van der Waals surface area contributed by atoms with Gasteiger partial charge in [0.15, 0.2) is 5.69 Å². The van der Waals surface area contributed by atoms with Crippen LogP contribution in [0.5, 0.6) is 0 Å². The first-order valence-corrected chi connectivity index (χ1v) is 7.63. The van der Waals surface area contributed by atoms with Crippen LogP contribution in [0.4, 0.5) is 14.5 Å². The molecule has 0 aliphatic carbocycles. The van der Waals surface area contributed by atoms with Crippen LogP contribution < -0.4 is 5.32 Å². The molecule has 0 saturated heterocycles. The first-order valence-electron chi connectivity index (χ1n) is 5.41. The van der Waals surface area contributed by atoms with Crippen molar-refractivity contribution >= 4 is 33.2 Å². The van der Waals surface area contributed by atoms with E-state index in [0.717, 1.165) is 18.4 Å². The smallest absolute Gasteiger partial charge is 0.276 e. The van der Waals surface area contributed by atoms with Gasteiger partial charge in [-0.25, -0.2) is 12.8 Å². The van der Waals surface area contributed by atoms with Crippen LogP contribution in [0.25, 0.3) is 0 Å². The summed E-state index contributed by atoms with van der Waals surface area (Å²) in [6, 6.07) is 3.91. The molecule has 0 saturated carbocycles. The molecule has 0 aliphatic heterocycles. The Kier molecular flexibility index (Phi) is 3.97. The Morgan fingerprint density at radius 3 is 2.52 bits per heavy atom. The zero-order valence-corrected chi connectivity index (χ0v) is 12.0. The number of hydrogen-bond donors (Lipinski definition) is 1. The molecule has 10 heteroatoms. The third kappa shape index (κ3) is 3.37. The zero-order valence-electron chi connectivity index (χ0n) is 10.5. The summed E-state index contributed by atoms with van der Waals surface area (Å²) in [7, 11) is -3.96. The number of halogens is 3. The fourth-order valence-corrected chi connectivity index (χ4v) is 2.28. The highest BCUT2D eigenvalue weighted by Gasteiger charge is 2.20. The summed E-state index contributed by atoms with van der Waals surface area (Å²) < 4.78 is 48.8. The largest absolute Gasteiger partial charge is 0.319 e. The first-order chi connectivity index (χ1) is 9.68. The molecule has 21 heavy (non-hydrogen) atoms. The molecular weight excluding hydrogens is 328 g/mol. The standard InChI is InChI=1S/C11H8ClF2N3O3S/c1-21(19,20)17-10(14)5-9(16-17)11(18)15-8-3-2-6(13)4-7(8)12/h2-5H,1H3,(H,15,18). The molecule has 2 rings (SSSR count). The molecule has 0 aliphatic rings. The highest BCUT2D eigenvalue weighted by atomic mass is 35.5. The van der Waals surface area contributed by atoms with Crippen molar-refractivity contribution in [3.8, 4) is 0 Å². The quantitative estimate of drug-likeness (QED) is 0.928. The maximum absolute atomic E-state index is 13.4. The van der Waals surface area contributed by atoms with Crippen LogP contribution in [0.15, 0.2) is 24.3 Å². The van der Waals surface area contributed by atoms with Crippen molar-refractivity contribution in [2.24, 2.45) is 0 Å². The number of amides is 1. The molecule has 6 nitrogen and oxygen atoms in total. The average Bonchev–Trinajstić information content (AvgIpc) is 2.75. The van der Waals surface area contributed by atoms with Crippen LogP contribution in [0, 0.1) is 11.8 Å². The second kappa shape index (κ2) is 5.41. The summed E-state index contributed by atoms with van der Waals surface area (Å²) >= 11 is 5.72. The van der Waals surface area contributed by atoms with E-state index < -0.39 is 33.4 Å². The monoisotopic (exact) mass is 335 g/mol. The zero-order chi connectivity index (χ0) is 15.8. The van der Waals surface area contributed by atoms with Gasteiger partial charge in [-0.1, -0.05) is 11.6 Å². The molecule has 1 aromatic heterocycles. The van der Waals surface area contributed by atoms with Crippen molar-refractivity contribution in [2.75, 3.05) is 11.6 Å². The lowest BCUT2D eigenvalue weighted by Crippen LogP contribution is -2.17. The number of benzene rings is 1. The van der Waals surface area contributed by atoms with Gasteiger partial charge in [0.1, 0.15) is 5.82 Å². The Labute approximate surface area is 123 Å². The van der Waals surface area contributed by atoms with Gasteiger partial charge in [0.2, 0.25) is 5.95 Å². The number of hydrogen-bond acceptors (Lipinski definition) is 4. The van der Waals surface area contributed by atoms with E-state index >= 15 is 0 Å². The molecule has 0 radical (unpaired) electrons. The second-order valence-corrected chi connectivity index (χ2v) is 6.26. The fraction of sp³-hybridized carbons (Fsp3) is 0.0909. The number of nitrogens with one attached hydrogen (secondary N) is 1. The summed E-state index contributed by atoms with van der Waals surface area (Å²) in [5.41, 5.74) is -0.379. The van der Waals surface area contributed by atoms with E-state index in [0.29, 0.717) is 6.07 Å². The lowest BCUT2D eigenvalue weighted by atomic mass is 10.3. The van der Waals surface area contributed by atoms with Crippen LogP contribution in [-0.4, -0.2) is 29.8 Å². The van der Waals surface area contributed by atoms with E-state index in [1.54, 1.807) is 0 Å².